The summed E-state index contributed by atoms with van der Waals surface area (Å²) in [4.78, 5) is 22.7. The first-order valence-electron chi connectivity index (χ1n) is 7.39. The molecule has 2 heterocycles. The third-order valence-corrected chi connectivity index (χ3v) is 4.18. The van der Waals surface area contributed by atoms with Crippen molar-refractivity contribution in [2.24, 2.45) is 0 Å². The lowest BCUT2D eigenvalue weighted by Crippen LogP contribution is -2.15. The molecule has 0 saturated heterocycles. The van der Waals surface area contributed by atoms with Crippen LogP contribution in [0, 0.1) is 0 Å². The highest BCUT2D eigenvalue weighted by Crippen LogP contribution is 2.29. The molecule has 0 spiro atoms. The van der Waals surface area contributed by atoms with Crippen LogP contribution in [-0.4, -0.2) is 26.6 Å². The van der Waals surface area contributed by atoms with Crippen molar-refractivity contribution >= 4 is 28.5 Å². The number of H-pyrrole nitrogens is 2. The molecule has 0 radical (unpaired) electrons. The van der Waals surface area contributed by atoms with Crippen LogP contribution in [0.15, 0.2) is 53.6 Å². The normalized spacial score (nSPS) is 11.1. The summed E-state index contributed by atoms with van der Waals surface area (Å²) in [5.74, 6) is 0.645. The maximum absolute atomic E-state index is 12.6. The number of nitrogens with one attached hydrogen (secondary N) is 3. The van der Waals surface area contributed by atoms with Gasteiger partial charge in [0.1, 0.15) is 5.82 Å². The molecule has 0 aliphatic carbocycles. The summed E-state index contributed by atoms with van der Waals surface area (Å²) < 4.78 is 1.63. The summed E-state index contributed by atoms with van der Waals surface area (Å²) in [5.41, 5.74) is 3.88. The van der Waals surface area contributed by atoms with E-state index in [4.69, 9.17) is 11.6 Å². The molecule has 24 heavy (non-hydrogen) atoms. The number of hydrogen-bond acceptors (Lipinski definition) is 3. The first-order chi connectivity index (χ1) is 11.7. The Morgan fingerprint density at radius 2 is 1.96 bits per heavy atom. The van der Waals surface area contributed by atoms with E-state index in [2.05, 4.69) is 20.3 Å². The van der Waals surface area contributed by atoms with E-state index in [1.54, 1.807) is 30.1 Å². The number of halogens is 1. The van der Waals surface area contributed by atoms with Gasteiger partial charge in [0, 0.05) is 17.6 Å². The second-order valence-corrected chi connectivity index (χ2v) is 5.79. The molecule has 4 rings (SSSR count). The zero-order valence-electron chi connectivity index (χ0n) is 12.8. The molecule has 0 unspecified atom stereocenters. The van der Waals surface area contributed by atoms with Gasteiger partial charge >= 0.3 is 5.69 Å². The van der Waals surface area contributed by atoms with E-state index in [9.17, 15) is 4.79 Å². The van der Waals surface area contributed by atoms with Crippen LogP contribution in [0.3, 0.4) is 0 Å². The Kier molecular flexibility index (Phi) is 3.39. The van der Waals surface area contributed by atoms with Crippen LogP contribution >= 0.6 is 11.6 Å². The number of anilines is 1. The average molecular weight is 340 g/mol. The van der Waals surface area contributed by atoms with Crippen LogP contribution in [0.1, 0.15) is 0 Å². The standard InChI is InChI=1S/C17H14ClN5O/c1-19-16-15(10-2-4-11(18)5-3-10)23(17(24)22-16)12-6-7-13-14(8-12)21-9-20-13/h2-9,19H,1H3,(H,20,21)(H,22,24). The summed E-state index contributed by atoms with van der Waals surface area (Å²) in [6.45, 7) is 0. The zero-order valence-corrected chi connectivity index (χ0v) is 13.6. The highest BCUT2D eigenvalue weighted by atomic mass is 35.5. The molecule has 0 aliphatic heterocycles. The lowest BCUT2D eigenvalue weighted by Gasteiger charge is -2.10. The zero-order chi connectivity index (χ0) is 16.7. The molecule has 0 atom stereocenters. The van der Waals surface area contributed by atoms with Crippen LogP contribution in [0.4, 0.5) is 5.82 Å². The molecule has 0 fully saturated rings. The topological polar surface area (TPSA) is 78.5 Å². The second-order valence-electron chi connectivity index (χ2n) is 5.35. The third kappa shape index (κ3) is 2.28. The Morgan fingerprint density at radius 3 is 2.71 bits per heavy atom. The quantitative estimate of drug-likeness (QED) is 0.535. The molecule has 7 heteroatoms. The second kappa shape index (κ2) is 5.58. The lowest BCUT2D eigenvalue weighted by atomic mass is 10.1. The van der Waals surface area contributed by atoms with E-state index >= 15 is 0 Å². The van der Waals surface area contributed by atoms with Crippen LogP contribution in [0.5, 0.6) is 0 Å². The summed E-state index contributed by atoms with van der Waals surface area (Å²) in [5, 5.41) is 3.69. The first kappa shape index (κ1) is 14.6. The predicted octanol–water partition coefficient (Wildman–Crippen LogP) is 3.40. The number of aromatic amines is 2. The van der Waals surface area contributed by atoms with Crippen molar-refractivity contribution < 1.29 is 0 Å². The molecule has 4 aromatic rings. The van der Waals surface area contributed by atoms with E-state index in [1.165, 1.54) is 0 Å². The van der Waals surface area contributed by atoms with Crippen molar-refractivity contribution in [3.05, 3.63) is 64.3 Å². The fourth-order valence-electron chi connectivity index (χ4n) is 2.81. The molecule has 2 aromatic carbocycles. The predicted molar refractivity (Wildman–Crippen MR) is 96.0 cm³/mol. The molecule has 6 nitrogen and oxygen atoms in total. The Bertz CT molecular complexity index is 1070. The maximum atomic E-state index is 12.6. The fraction of sp³-hybridized carbons (Fsp3) is 0.0588. The molecule has 0 saturated carbocycles. The largest absolute Gasteiger partial charge is 0.373 e. The van der Waals surface area contributed by atoms with Gasteiger partial charge in [0.15, 0.2) is 0 Å². The van der Waals surface area contributed by atoms with Crippen molar-refractivity contribution in [1.29, 1.82) is 0 Å². The smallest absolute Gasteiger partial charge is 0.332 e. The minimum Gasteiger partial charge on any atom is -0.373 e. The number of aromatic nitrogens is 4. The summed E-state index contributed by atoms with van der Waals surface area (Å²) in [6.07, 6.45) is 1.63. The monoisotopic (exact) mass is 339 g/mol. The van der Waals surface area contributed by atoms with Gasteiger partial charge in [-0.3, -0.25) is 9.55 Å². The molecular weight excluding hydrogens is 326 g/mol. The van der Waals surface area contributed by atoms with Gasteiger partial charge in [0.05, 0.1) is 28.7 Å². The van der Waals surface area contributed by atoms with Gasteiger partial charge in [-0.15, -0.1) is 0 Å². The highest BCUT2D eigenvalue weighted by molar-refractivity contribution is 6.30. The Morgan fingerprint density at radius 1 is 1.17 bits per heavy atom. The number of fused-ring (bicyclic) bond motifs is 1. The Hall–Kier alpha value is -2.99. The van der Waals surface area contributed by atoms with E-state index in [1.807, 2.05) is 30.3 Å². The number of imidazole rings is 2. The molecule has 120 valence electrons. The summed E-state index contributed by atoms with van der Waals surface area (Å²) in [7, 11) is 1.77. The molecule has 0 aliphatic rings. The lowest BCUT2D eigenvalue weighted by molar-refractivity contribution is 0.995. The first-order valence-corrected chi connectivity index (χ1v) is 7.77. The van der Waals surface area contributed by atoms with Crippen LogP contribution in [-0.2, 0) is 0 Å². The molecular formula is C17H14ClN5O. The third-order valence-electron chi connectivity index (χ3n) is 3.93. The number of hydrogen-bond donors (Lipinski definition) is 3. The van der Waals surface area contributed by atoms with Gasteiger partial charge in [0.25, 0.3) is 0 Å². The van der Waals surface area contributed by atoms with Gasteiger partial charge in [0.2, 0.25) is 0 Å². The average Bonchev–Trinajstić information content (AvgIpc) is 3.18. The van der Waals surface area contributed by atoms with Crippen LogP contribution in [0.2, 0.25) is 5.02 Å². The fourth-order valence-corrected chi connectivity index (χ4v) is 2.93. The summed E-state index contributed by atoms with van der Waals surface area (Å²) >= 11 is 5.98. The maximum Gasteiger partial charge on any atom is 0.332 e. The number of nitrogens with zero attached hydrogens (tertiary/aromatic N) is 2. The van der Waals surface area contributed by atoms with Gasteiger partial charge in [-0.25, -0.2) is 9.78 Å². The van der Waals surface area contributed by atoms with Gasteiger partial charge in [-0.1, -0.05) is 23.7 Å². The van der Waals surface area contributed by atoms with Crippen molar-refractivity contribution in [3.8, 4) is 16.9 Å². The Balaban J connectivity index is 1.99. The van der Waals surface area contributed by atoms with Crippen LogP contribution < -0.4 is 11.0 Å². The van der Waals surface area contributed by atoms with Crippen molar-refractivity contribution in [1.82, 2.24) is 19.5 Å². The molecule has 0 amide bonds. The number of rotatable bonds is 3. The highest BCUT2D eigenvalue weighted by Gasteiger charge is 2.17. The number of benzene rings is 2. The van der Waals surface area contributed by atoms with Gasteiger partial charge < -0.3 is 10.3 Å². The van der Waals surface area contributed by atoms with Crippen molar-refractivity contribution in [2.45, 2.75) is 0 Å². The molecule has 0 bridgehead atoms. The van der Waals surface area contributed by atoms with E-state index in [0.717, 1.165) is 28.0 Å². The SMILES string of the molecule is CNc1[nH]c(=O)n(-c2ccc3nc[nH]c3c2)c1-c1ccc(Cl)cc1. The van der Waals surface area contributed by atoms with Gasteiger partial charge in [-0.05, 0) is 30.3 Å². The molecule has 3 N–H and O–H groups in total. The Labute approximate surface area is 142 Å². The molecule has 2 aromatic heterocycles. The minimum atomic E-state index is -0.219. The van der Waals surface area contributed by atoms with Crippen molar-refractivity contribution in [2.75, 3.05) is 12.4 Å². The van der Waals surface area contributed by atoms with E-state index in [0.29, 0.717) is 10.8 Å². The van der Waals surface area contributed by atoms with Crippen molar-refractivity contribution in [3.63, 3.8) is 0 Å². The van der Waals surface area contributed by atoms with Crippen LogP contribution in [0.25, 0.3) is 28.0 Å². The minimum absolute atomic E-state index is 0.219. The van der Waals surface area contributed by atoms with E-state index in [-0.39, 0.29) is 5.69 Å². The van der Waals surface area contributed by atoms with E-state index < -0.39 is 0 Å². The van der Waals surface area contributed by atoms with Gasteiger partial charge in [-0.2, -0.15) is 0 Å². The summed E-state index contributed by atoms with van der Waals surface area (Å²) in [6, 6.07) is 13.0.